The zero-order valence-corrected chi connectivity index (χ0v) is 10.6. The van der Waals surface area contributed by atoms with Crippen LogP contribution in [0.3, 0.4) is 0 Å². The average molecular weight is 288 g/mol. The molecule has 0 radical (unpaired) electrons. The Morgan fingerprint density at radius 3 is 2.79 bits per heavy atom. The Balaban J connectivity index is 2.15. The standard InChI is InChI=1S/C12H11F3N2OS/c13-12(14,15)7-3-4-9-8(6-7)16-11(18)17(9)10-2-1-5-19-10/h3-4,6,10H,1-2,5H2,(H,16,18). The highest BCUT2D eigenvalue weighted by Gasteiger charge is 2.31. The molecular weight excluding hydrogens is 277 g/mol. The van der Waals surface area contributed by atoms with Gasteiger partial charge in [0.2, 0.25) is 0 Å². The first-order valence-corrected chi connectivity index (χ1v) is 6.95. The summed E-state index contributed by atoms with van der Waals surface area (Å²) >= 11 is 1.66. The lowest BCUT2D eigenvalue weighted by atomic mass is 10.2. The number of aromatic nitrogens is 2. The number of halogens is 3. The molecule has 1 saturated heterocycles. The topological polar surface area (TPSA) is 37.8 Å². The quantitative estimate of drug-likeness (QED) is 0.873. The summed E-state index contributed by atoms with van der Waals surface area (Å²) in [5.41, 5.74) is -0.300. The highest BCUT2D eigenvalue weighted by Crippen LogP contribution is 2.37. The van der Waals surface area contributed by atoms with E-state index in [1.165, 1.54) is 6.07 Å². The first-order chi connectivity index (χ1) is 8.97. The van der Waals surface area contributed by atoms with Crippen LogP contribution in [0.2, 0.25) is 0 Å². The summed E-state index contributed by atoms with van der Waals surface area (Å²) in [6.07, 6.45) is -2.50. The van der Waals surface area contributed by atoms with E-state index in [-0.39, 0.29) is 16.6 Å². The monoisotopic (exact) mass is 288 g/mol. The third kappa shape index (κ3) is 2.16. The third-order valence-electron chi connectivity index (χ3n) is 3.24. The Bertz CT molecular complexity index is 668. The van der Waals surface area contributed by atoms with E-state index in [1.807, 2.05) is 0 Å². The minimum Gasteiger partial charge on any atom is -0.305 e. The molecule has 7 heteroatoms. The molecule has 3 nitrogen and oxygen atoms in total. The van der Waals surface area contributed by atoms with Crippen LogP contribution in [0.1, 0.15) is 23.8 Å². The number of H-pyrrole nitrogens is 1. The van der Waals surface area contributed by atoms with Crippen molar-refractivity contribution in [2.45, 2.75) is 24.4 Å². The minimum atomic E-state index is -4.39. The molecule has 1 aliphatic heterocycles. The van der Waals surface area contributed by atoms with E-state index in [0.29, 0.717) is 5.52 Å². The molecule has 0 aliphatic carbocycles. The molecule has 1 N–H and O–H groups in total. The van der Waals surface area contributed by atoms with Crippen molar-refractivity contribution < 1.29 is 13.2 Å². The van der Waals surface area contributed by atoms with Gasteiger partial charge in [-0.3, -0.25) is 4.57 Å². The van der Waals surface area contributed by atoms with Crippen molar-refractivity contribution in [3.63, 3.8) is 0 Å². The highest BCUT2D eigenvalue weighted by atomic mass is 32.2. The Morgan fingerprint density at radius 1 is 1.37 bits per heavy atom. The predicted molar refractivity (Wildman–Crippen MR) is 68.3 cm³/mol. The summed E-state index contributed by atoms with van der Waals surface area (Å²) in [6.45, 7) is 0. The summed E-state index contributed by atoms with van der Waals surface area (Å²) in [5.74, 6) is 0.977. The fourth-order valence-corrected chi connectivity index (χ4v) is 3.65. The number of nitrogens with one attached hydrogen (secondary N) is 1. The molecule has 0 spiro atoms. The molecule has 2 aromatic rings. The van der Waals surface area contributed by atoms with Crippen LogP contribution >= 0.6 is 11.8 Å². The average Bonchev–Trinajstić information content (AvgIpc) is 2.92. The molecule has 1 aromatic heterocycles. The Morgan fingerprint density at radius 2 is 2.16 bits per heavy atom. The van der Waals surface area contributed by atoms with Crippen molar-refractivity contribution in [1.29, 1.82) is 0 Å². The first kappa shape index (κ1) is 12.7. The normalized spacial score (nSPS) is 20.3. The van der Waals surface area contributed by atoms with E-state index in [0.717, 1.165) is 30.7 Å². The molecule has 1 fully saturated rings. The molecule has 3 rings (SSSR count). The van der Waals surface area contributed by atoms with Crippen molar-refractivity contribution in [2.24, 2.45) is 0 Å². The lowest BCUT2D eigenvalue weighted by molar-refractivity contribution is -0.137. The van der Waals surface area contributed by atoms with Crippen LogP contribution in [0.4, 0.5) is 13.2 Å². The van der Waals surface area contributed by atoms with Gasteiger partial charge in [0.05, 0.1) is 22.0 Å². The molecule has 1 aromatic carbocycles. The van der Waals surface area contributed by atoms with Crippen LogP contribution in [0, 0.1) is 0 Å². The SMILES string of the molecule is O=c1[nH]c2cc(C(F)(F)F)ccc2n1C1CCCS1. The minimum absolute atomic E-state index is 0.0259. The van der Waals surface area contributed by atoms with Gasteiger partial charge in [0.1, 0.15) is 0 Å². The van der Waals surface area contributed by atoms with Crippen LogP contribution in [0.5, 0.6) is 0 Å². The van der Waals surface area contributed by atoms with Crippen molar-refractivity contribution in [3.8, 4) is 0 Å². The van der Waals surface area contributed by atoms with Gasteiger partial charge >= 0.3 is 11.9 Å². The molecule has 102 valence electrons. The Kier molecular flexibility index (Phi) is 2.88. The van der Waals surface area contributed by atoms with Crippen LogP contribution in [0.25, 0.3) is 11.0 Å². The van der Waals surface area contributed by atoms with Crippen LogP contribution in [0.15, 0.2) is 23.0 Å². The van der Waals surface area contributed by atoms with Crippen molar-refractivity contribution in [1.82, 2.24) is 9.55 Å². The van der Waals surface area contributed by atoms with Gasteiger partial charge in [-0.2, -0.15) is 13.2 Å². The second-order valence-corrected chi connectivity index (χ2v) is 5.78. The summed E-state index contributed by atoms with van der Waals surface area (Å²) in [7, 11) is 0. The fraction of sp³-hybridized carbons (Fsp3) is 0.417. The van der Waals surface area contributed by atoms with Gasteiger partial charge in [0, 0.05) is 0 Å². The smallest absolute Gasteiger partial charge is 0.305 e. The van der Waals surface area contributed by atoms with E-state index >= 15 is 0 Å². The summed E-state index contributed by atoms with van der Waals surface area (Å²) in [6, 6.07) is 3.38. The summed E-state index contributed by atoms with van der Waals surface area (Å²) in [4.78, 5) is 14.4. The van der Waals surface area contributed by atoms with Gasteiger partial charge in [-0.1, -0.05) is 0 Å². The number of aromatic amines is 1. The van der Waals surface area contributed by atoms with Crippen LogP contribution < -0.4 is 5.69 Å². The number of nitrogens with zero attached hydrogens (tertiary/aromatic N) is 1. The number of alkyl halides is 3. The van der Waals surface area contributed by atoms with E-state index in [2.05, 4.69) is 4.98 Å². The molecule has 1 aliphatic rings. The molecule has 0 bridgehead atoms. The Hall–Kier alpha value is -1.37. The van der Waals surface area contributed by atoms with E-state index in [9.17, 15) is 18.0 Å². The van der Waals surface area contributed by atoms with Gasteiger partial charge in [0.25, 0.3) is 0 Å². The summed E-state index contributed by atoms with van der Waals surface area (Å²) in [5, 5.41) is 0.0259. The lowest BCUT2D eigenvalue weighted by Crippen LogP contribution is -2.18. The predicted octanol–water partition coefficient (Wildman–Crippen LogP) is 3.37. The number of rotatable bonds is 1. The zero-order chi connectivity index (χ0) is 13.6. The van der Waals surface area contributed by atoms with Gasteiger partial charge in [-0.25, -0.2) is 4.79 Å². The van der Waals surface area contributed by atoms with E-state index in [4.69, 9.17) is 0 Å². The molecule has 0 amide bonds. The molecular formula is C12H11F3N2OS. The second kappa shape index (κ2) is 4.33. The number of hydrogen-bond acceptors (Lipinski definition) is 2. The van der Waals surface area contributed by atoms with E-state index < -0.39 is 11.7 Å². The third-order valence-corrected chi connectivity index (χ3v) is 4.59. The van der Waals surface area contributed by atoms with Gasteiger partial charge < -0.3 is 4.98 Å². The number of fused-ring (bicyclic) bond motifs is 1. The van der Waals surface area contributed by atoms with Gasteiger partial charge in [-0.05, 0) is 36.8 Å². The lowest BCUT2D eigenvalue weighted by Gasteiger charge is -2.11. The highest BCUT2D eigenvalue weighted by molar-refractivity contribution is 7.99. The van der Waals surface area contributed by atoms with Gasteiger partial charge in [-0.15, -0.1) is 11.8 Å². The van der Waals surface area contributed by atoms with Crippen molar-refractivity contribution in [3.05, 3.63) is 34.2 Å². The van der Waals surface area contributed by atoms with Crippen molar-refractivity contribution in [2.75, 3.05) is 5.75 Å². The molecule has 2 heterocycles. The Labute approximate surface area is 110 Å². The maximum Gasteiger partial charge on any atom is 0.416 e. The van der Waals surface area contributed by atoms with Crippen LogP contribution in [-0.4, -0.2) is 15.3 Å². The fourth-order valence-electron chi connectivity index (χ4n) is 2.36. The molecule has 19 heavy (non-hydrogen) atoms. The van der Waals surface area contributed by atoms with Crippen molar-refractivity contribution >= 4 is 22.8 Å². The molecule has 1 atom stereocenters. The number of thioether (sulfide) groups is 1. The maximum absolute atomic E-state index is 12.6. The first-order valence-electron chi connectivity index (χ1n) is 5.90. The molecule has 1 unspecified atom stereocenters. The number of hydrogen-bond donors (Lipinski definition) is 1. The number of benzene rings is 1. The largest absolute Gasteiger partial charge is 0.416 e. The second-order valence-electron chi connectivity index (χ2n) is 4.50. The zero-order valence-electron chi connectivity index (χ0n) is 9.83. The van der Waals surface area contributed by atoms with Gasteiger partial charge in [0.15, 0.2) is 0 Å². The molecule has 0 saturated carbocycles. The summed E-state index contributed by atoms with van der Waals surface area (Å²) < 4.78 is 39.4. The maximum atomic E-state index is 12.6. The van der Waals surface area contributed by atoms with E-state index in [1.54, 1.807) is 16.3 Å². The number of imidazole rings is 1. The van der Waals surface area contributed by atoms with Crippen LogP contribution in [-0.2, 0) is 6.18 Å².